The fourth-order valence-electron chi connectivity index (χ4n) is 3.34. The van der Waals surface area contributed by atoms with Crippen LogP contribution in [0, 0.1) is 5.92 Å². The van der Waals surface area contributed by atoms with Crippen LogP contribution in [0.5, 0.6) is 0 Å². The number of amides is 2. The van der Waals surface area contributed by atoms with Crippen molar-refractivity contribution in [3.05, 3.63) is 36.1 Å². The molecule has 1 fully saturated rings. The van der Waals surface area contributed by atoms with Gasteiger partial charge in [-0.05, 0) is 44.7 Å². The lowest BCUT2D eigenvalue weighted by molar-refractivity contribution is -0.142. The van der Waals surface area contributed by atoms with Gasteiger partial charge in [0.05, 0.1) is 12.0 Å². The fraction of sp³-hybridized carbons (Fsp3) is 0.474. The highest BCUT2D eigenvalue weighted by Crippen LogP contribution is 2.28. The minimum absolute atomic E-state index is 0.0356. The van der Waals surface area contributed by atoms with Gasteiger partial charge in [-0.15, -0.1) is 0 Å². The molecule has 0 aliphatic heterocycles. The second kappa shape index (κ2) is 7.17. The summed E-state index contributed by atoms with van der Waals surface area (Å²) in [7, 11) is 1.75. The van der Waals surface area contributed by atoms with Crippen molar-refractivity contribution in [2.45, 2.75) is 44.7 Å². The molecule has 1 aliphatic rings. The summed E-state index contributed by atoms with van der Waals surface area (Å²) in [4.78, 5) is 25.1. The van der Waals surface area contributed by atoms with E-state index in [9.17, 15) is 9.59 Å². The summed E-state index contributed by atoms with van der Waals surface area (Å²) in [5, 5.41) is 13.1. The third-order valence-electron chi connectivity index (χ3n) is 5.16. The van der Waals surface area contributed by atoms with Crippen molar-refractivity contribution < 1.29 is 19.1 Å². The second-order valence-electron chi connectivity index (χ2n) is 6.81. The zero-order valence-electron chi connectivity index (χ0n) is 14.6. The van der Waals surface area contributed by atoms with Crippen LogP contribution in [-0.4, -0.2) is 35.1 Å². The van der Waals surface area contributed by atoms with Crippen molar-refractivity contribution in [1.82, 2.24) is 10.2 Å². The molecule has 1 heterocycles. The van der Waals surface area contributed by atoms with E-state index in [1.165, 1.54) is 0 Å². The van der Waals surface area contributed by atoms with Gasteiger partial charge in [0.2, 0.25) is 0 Å². The standard InChI is InChI=1S/C19H24N2O4/c1-12(17-11-14-5-3-4-6-16(14)25-17)21(2)19(24)20-15-9-7-13(8-10-15)18(22)23/h3-6,11-13,15H,7-10H2,1-2H3,(H,20,24)(H,22,23). The van der Waals surface area contributed by atoms with Crippen molar-refractivity contribution >= 4 is 23.0 Å². The predicted molar refractivity (Wildman–Crippen MR) is 94.3 cm³/mol. The summed E-state index contributed by atoms with van der Waals surface area (Å²) >= 11 is 0. The largest absolute Gasteiger partial charge is 0.481 e. The minimum Gasteiger partial charge on any atom is -0.481 e. The Morgan fingerprint density at radius 3 is 2.56 bits per heavy atom. The third kappa shape index (κ3) is 3.78. The molecule has 3 rings (SSSR count). The van der Waals surface area contributed by atoms with Crippen LogP contribution < -0.4 is 5.32 Å². The lowest BCUT2D eigenvalue weighted by atomic mass is 9.86. The number of nitrogens with zero attached hydrogens (tertiary/aromatic N) is 1. The number of rotatable bonds is 4. The van der Waals surface area contributed by atoms with Crippen LogP contribution >= 0.6 is 0 Å². The van der Waals surface area contributed by atoms with Crippen molar-refractivity contribution in [3.63, 3.8) is 0 Å². The SMILES string of the molecule is CC(c1cc2ccccc2o1)N(C)C(=O)NC1CCC(C(=O)O)CC1. The number of carboxylic acids is 1. The highest BCUT2D eigenvalue weighted by molar-refractivity contribution is 5.78. The Hall–Kier alpha value is -2.50. The van der Waals surface area contributed by atoms with Gasteiger partial charge in [-0.3, -0.25) is 4.79 Å². The molecule has 0 bridgehead atoms. The van der Waals surface area contributed by atoms with Crippen LogP contribution in [0.4, 0.5) is 4.79 Å². The van der Waals surface area contributed by atoms with E-state index in [1.54, 1.807) is 11.9 Å². The quantitative estimate of drug-likeness (QED) is 0.884. The average Bonchev–Trinajstić information content (AvgIpc) is 3.05. The normalized spacial score (nSPS) is 21.7. The smallest absolute Gasteiger partial charge is 0.317 e. The molecule has 6 heteroatoms. The monoisotopic (exact) mass is 344 g/mol. The van der Waals surface area contributed by atoms with Crippen LogP contribution in [0.3, 0.4) is 0 Å². The van der Waals surface area contributed by atoms with Crippen molar-refractivity contribution in [2.24, 2.45) is 5.92 Å². The molecule has 0 spiro atoms. The maximum Gasteiger partial charge on any atom is 0.317 e. The lowest BCUT2D eigenvalue weighted by Gasteiger charge is -2.30. The molecule has 1 atom stereocenters. The first-order valence-electron chi connectivity index (χ1n) is 8.70. The van der Waals surface area contributed by atoms with Gasteiger partial charge in [0.1, 0.15) is 11.3 Å². The van der Waals surface area contributed by atoms with Gasteiger partial charge < -0.3 is 19.7 Å². The minimum atomic E-state index is -0.736. The van der Waals surface area contributed by atoms with Crippen LogP contribution in [0.2, 0.25) is 0 Å². The van der Waals surface area contributed by atoms with E-state index in [0.29, 0.717) is 25.7 Å². The number of urea groups is 1. The first kappa shape index (κ1) is 17.3. The molecule has 2 aromatic rings. The van der Waals surface area contributed by atoms with E-state index in [0.717, 1.165) is 16.7 Å². The molecule has 1 aromatic heterocycles. The number of benzene rings is 1. The van der Waals surface area contributed by atoms with E-state index < -0.39 is 5.97 Å². The number of nitrogens with one attached hydrogen (secondary N) is 1. The molecule has 1 saturated carbocycles. The maximum atomic E-state index is 12.5. The number of para-hydroxylation sites is 1. The van der Waals surface area contributed by atoms with Crippen molar-refractivity contribution in [1.29, 1.82) is 0 Å². The van der Waals surface area contributed by atoms with Crippen LogP contribution in [0.25, 0.3) is 11.0 Å². The van der Waals surface area contributed by atoms with Crippen molar-refractivity contribution in [3.8, 4) is 0 Å². The highest BCUT2D eigenvalue weighted by Gasteiger charge is 2.28. The molecule has 1 aliphatic carbocycles. The first-order chi connectivity index (χ1) is 12.0. The summed E-state index contributed by atoms with van der Waals surface area (Å²) in [6, 6.07) is 9.41. The molecular weight excluding hydrogens is 320 g/mol. The average molecular weight is 344 g/mol. The van der Waals surface area contributed by atoms with Gasteiger partial charge in [-0.1, -0.05) is 18.2 Å². The van der Waals surface area contributed by atoms with Crippen LogP contribution in [0.1, 0.15) is 44.4 Å². The number of aliphatic carboxylic acids is 1. The number of carboxylic acid groups (broad SMARTS) is 1. The third-order valence-corrected chi connectivity index (χ3v) is 5.16. The zero-order valence-corrected chi connectivity index (χ0v) is 14.6. The van der Waals surface area contributed by atoms with E-state index in [1.807, 2.05) is 37.3 Å². The Balaban J connectivity index is 1.59. The van der Waals surface area contributed by atoms with Gasteiger partial charge in [0.25, 0.3) is 0 Å². The molecule has 0 saturated heterocycles. The Morgan fingerprint density at radius 1 is 1.24 bits per heavy atom. The fourth-order valence-corrected chi connectivity index (χ4v) is 3.34. The van der Waals surface area contributed by atoms with Crippen LogP contribution in [0.15, 0.2) is 34.7 Å². The maximum absolute atomic E-state index is 12.5. The molecule has 2 amide bonds. The lowest BCUT2D eigenvalue weighted by Crippen LogP contribution is -2.45. The molecule has 2 N–H and O–H groups in total. The molecule has 1 unspecified atom stereocenters. The molecule has 0 radical (unpaired) electrons. The summed E-state index contributed by atoms with van der Waals surface area (Å²) in [6.07, 6.45) is 2.64. The Kier molecular flexibility index (Phi) is 4.97. The number of carbonyl (C=O) groups is 2. The Morgan fingerprint density at radius 2 is 1.92 bits per heavy atom. The van der Waals surface area contributed by atoms with E-state index in [2.05, 4.69) is 5.32 Å². The van der Waals surface area contributed by atoms with Gasteiger partial charge >= 0.3 is 12.0 Å². The topological polar surface area (TPSA) is 82.8 Å². The first-order valence-corrected chi connectivity index (χ1v) is 8.70. The van der Waals surface area contributed by atoms with E-state index in [-0.39, 0.29) is 24.0 Å². The van der Waals surface area contributed by atoms with E-state index >= 15 is 0 Å². The van der Waals surface area contributed by atoms with Crippen molar-refractivity contribution in [2.75, 3.05) is 7.05 Å². The van der Waals surface area contributed by atoms with Gasteiger partial charge in [0, 0.05) is 18.5 Å². The van der Waals surface area contributed by atoms with Crippen LogP contribution in [-0.2, 0) is 4.79 Å². The molecule has 6 nitrogen and oxygen atoms in total. The number of furan rings is 1. The van der Waals surface area contributed by atoms with Gasteiger partial charge in [0.15, 0.2) is 0 Å². The summed E-state index contributed by atoms with van der Waals surface area (Å²) in [6.45, 7) is 1.93. The summed E-state index contributed by atoms with van der Waals surface area (Å²) in [5.74, 6) is -0.269. The Bertz CT molecular complexity index is 729. The molecule has 25 heavy (non-hydrogen) atoms. The molecular formula is C19H24N2O4. The highest BCUT2D eigenvalue weighted by atomic mass is 16.4. The molecule has 1 aromatic carbocycles. The van der Waals surface area contributed by atoms with Gasteiger partial charge in [-0.25, -0.2) is 4.79 Å². The summed E-state index contributed by atoms with van der Waals surface area (Å²) in [5.41, 5.74) is 0.810. The van der Waals surface area contributed by atoms with Gasteiger partial charge in [-0.2, -0.15) is 0 Å². The predicted octanol–water partition coefficient (Wildman–Crippen LogP) is 3.78. The summed E-state index contributed by atoms with van der Waals surface area (Å²) < 4.78 is 5.84. The number of hydrogen-bond donors (Lipinski definition) is 2. The van der Waals surface area contributed by atoms with E-state index in [4.69, 9.17) is 9.52 Å². The Labute approximate surface area is 146 Å². The molecule has 134 valence electrons. The number of fused-ring (bicyclic) bond motifs is 1. The second-order valence-corrected chi connectivity index (χ2v) is 6.81. The number of hydrogen-bond acceptors (Lipinski definition) is 3. The zero-order chi connectivity index (χ0) is 18.0. The number of carbonyl (C=O) groups excluding carboxylic acids is 1.